The molecule has 1 aliphatic rings. The zero-order valence-electron chi connectivity index (χ0n) is 15.5. The number of ether oxygens (including phenoxy) is 1. The maximum absolute atomic E-state index is 12.8. The zero-order valence-corrected chi connectivity index (χ0v) is 16.3. The summed E-state index contributed by atoms with van der Waals surface area (Å²) in [5.74, 6) is 1.99. The number of carbonyl (C=O) groups excluding carboxylic acids is 1. The van der Waals surface area contributed by atoms with Crippen LogP contribution in [0, 0.1) is 12.8 Å². The molecule has 3 rings (SSSR count). The number of fused-ring (bicyclic) bond motifs is 1. The molecule has 26 heavy (non-hydrogen) atoms. The van der Waals surface area contributed by atoms with E-state index in [1.807, 2.05) is 42.8 Å². The van der Waals surface area contributed by atoms with E-state index in [4.69, 9.17) is 4.74 Å². The van der Waals surface area contributed by atoms with Crippen molar-refractivity contribution in [1.82, 2.24) is 20.2 Å². The third-order valence-electron chi connectivity index (χ3n) is 4.09. The summed E-state index contributed by atoms with van der Waals surface area (Å²) in [5.41, 5.74) is 4.42. The molecule has 0 spiro atoms. The first-order chi connectivity index (χ1) is 12.5. The quantitative estimate of drug-likeness (QED) is 0.807. The van der Waals surface area contributed by atoms with Crippen LogP contribution in [-0.4, -0.2) is 39.2 Å². The summed E-state index contributed by atoms with van der Waals surface area (Å²) in [7, 11) is 0. The Morgan fingerprint density at radius 1 is 1.35 bits per heavy atom. The second-order valence-electron chi connectivity index (χ2n) is 6.65. The maximum atomic E-state index is 12.8. The highest BCUT2D eigenvalue weighted by Gasteiger charge is 2.37. The molecule has 0 aliphatic carbocycles. The lowest BCUT2D eigenvalue weighted by molar-refractivity contribution is -0.121. The van der Waals surface area contributed by atoms with Crippen LogP contribution in [0.2, 0.25) is 0 Å². The van der Waals surface area contributed by atoms with Gasteiger partial charge in [-0.15, -0.1) is 10.2 Å². The average molecular weight is 375 g/mol. The predicted molar refractivity (Wildman–Crippen MR) is 102 cm³/mol. The molecule has 2 atom stereocenters. The van der Waals surface area contributed by atoms with Crippen LogP contribution in [0.5, 0.6) is 5.75 Å². The molecular weight excluding hydrogens is 350 g/mol. The Hall–Kier alpha value is -2.22. The molecule has 2 aromatic rings. The number of benzene rings is 1. The van der Waals surface area contributed by atoms with Gasteiger partial charge >= 0.3 is 0 Å². The molecule has 1 aromatic carbocycles. The number of aromatic nitrogens is 3. The van der Waals surface area contributed by atoms with E-state index < -0.39 is 0 Å². The van der Waals surface area contributed by atoms with Gasteiger partial charge in [0.15, 0.2) is 0 Å². The Bertz CT molecular complexity index is 759. The number of nitrogens with zero attached hydrogens (tertiary/aromatic N) is 3. The van der Waals surface area contributed by atoms with Crippen LogP contribution >= 0.6 is 11.8 Å². The van der Waals surface area contributed by atoms with Gasteiger partial charge in [0.1, 0.15) is 16.8 Å². The number of nitrogens with one attached hydrogen (secondary N) is 2. The molecule has 1 aliphatic heterocycles. The molecule has 2 N–H and O–H groups in total. The van der Waals surface area contributed by atoms with Gasteiger partial charge in [-0.05, 0) is 37.5 Å². The van der Waals surface area contributed by atoms with Gasteiger partial charge in [0.05, 0.1) is 12.6 Å². The molecule has 0 saturated carbocycles. The minimum atomic E-state index is -0.331. The predicted octanol–water partition coefficient (Wildman–Crippen LogP) is 2.52. The van der Waals surface area contributed by atoms with Crippen molar-refractivity contribution in [2.24, 2.45) is 5.92 Å². The van der Waals surface area contributed by atoms with Crippen molar-refractivity contribution in [3.8, 4) is 5.75 Å². The van der Waals surface area contributed by atoms with Crippen LogP contribution in [0.25, 0.3) is 0 Å². The monoisotopic (exact) mass is 375 g/mol. The normalized spacial score (nSPS) is 19.0. The molecule has 0 unspecified atom stereocenters. The van der Waals surface area contributed by atoms with Gasteiger partial charge < -0.3 is 15.5 Å². The van der Waals surface area contributed by atoms with Crippen LogP contribution in [0.3, 0.4) is 0 Å². The van der Waals surface area contributed by atoms with Crippen molar-refractivity contribution in [3.63, 3.8) is 0 Å². The topological polar surface area (TPSA) is 81.1 Å². The van der Waals surface area contributed by atoms with Gasteiger partial charge in [-0.25, -0.2) is 4.68 Å². The number of rotatable bonds is 6. The molecule has 2 heterocycles. The summed E-state index contributed by atoms with van der Waals surface area (Å²) in [4.78, 5) is 12.8. The molecule has 0 bridgehead atoms. The van der Waals surface area contributed by atoms with Crippen LogP contribution in [0.1, 0.15) is 38.2 Å². The summed E-state index contributed by atoms with van der Waals surface area (Å²) in [6, 6.07) is 7.67. The molecule has 1 amide bonds. The van der Waals surface area contributed by atoms with E-state index in [1.54, 1.807) is 0 Å². The van der Waals surface area contributed by atoms with E-state index in [-0.39, 0.29) is 17.2 Å². The summed E-state index contributed by atoms with van der Waals surface area (Å²) < 4.78 is 7.37. The van der Waals surface area contributed by atoms with E-state index in [0.29, 0.717) is 24.2 Å². The molecular formula is C18H25N5O2S. The Labute approximate surface area is 157 Å². The first-order valence-corrected chi connectivity index (χ1v) is 9.73. The van der Waals surface area contributed by atoms with Crippen LogP contribution < -0.4 is 15.5 Å². The minimum Gasteiger partial charge on any atom is -0.494 e. The average Bonchev–Trinajstić information content (AvgIpc) is 3.00. The van der Waals surface area contributed by atoms with Crippen molar-refractivity contribution in [1.29, 1.82) is 0 Å². The van der Waals surface area contributed by atoms with Crippen LogP contribution in [0.15, 0.2) is 29.4 Å². The number of hydrogen-bond acceptors (Lipinski definition) is 6. The fraction of sp³-hybridized carbons (Fsp3) is 0.500. The van der Waals surface area contributed by atoms with Crippen molar-refractivity contribution in [2.75, 3.05) is 18.6 Å². The number of aryl methyl sites for hydroxylation is 1. The second-order valence-corrected chi connectivity index (χ2v) is 7.76. The zero-order chi connectivity index (χ0) is 18.7. The molecule has 1 aromatic heterocycles. The number of carbonyl (C=O) groups is 1. The summed E-state index contributed by atoms with van der Waals surface area (Å²) in [6.07, 6.45) is 0. The number of hydrogen-bond donors (Lipinski definition) is 2. The highest BCUT2D eigenvalue weighted by molar-refractivity contribution is 8.00. The Morgan fingerprint density at radius 2 is 2.08 bits per heavy atom. The summed E-state index contributed by atoms with van der Waals surface area (Å²) in [5, 5.41) is 11.7. The molecule has 7 nitrogen and oxygen atoms in total. The van der Waals surface area contributed by atoms with Gasteiger partial charge in [0.2, 0.25) is 11.1 Å². The van der Waals surface area contributed by atoms with Crippen molar-refractivity contribution in [3.05, 3.63) is 35.7 Å². The van der Waals surface area contributed by atoms with E-state index in [0.717, 1.165) is 17.1 Å². The molecule has 0 radical (unpaired) electrons. The van der Waals surface area contributed by atoms with Gasteiger partial charge in [-0.3, -0.25) is 4.79 Å². The van der Waals surface area contributed by atoms with Gasteiger partial charge in [0, 0.05) is 6.54 Å². The van der Waals surface area contributed by atoms with Crippen LogP contribution in [-0.2, 0) is 4.79 Å². The highest BCUT2D eigenvalue weighted by atomic mass is 32.2. The first-order valence-electron chi connectivity index (χ1n) is 8.85. The summed E-state index contributed by atoms with van der Waals surface area (Å²) >= 11 is 1.44. The molecule has 0 saturated heterocycles. The standard InChI is InChI=1S/C18H25N5O2S/c1-5-25-14-8-6-13(7-9-14)15-16(17(24)19-10-11(2)3)26-18-21-20-12(4)23(18)22-15/h6-9,11,15-16,22H,5,10H2,1-4H3,(H,19,24)/t15-,16-/m1/s1. The highest BCUT2D eigenvalue weighted by Crippen LogP contribution is 2.37. The Balaban J connectivity index is 1.87. The van der Waals surface area contributed by atoms with Crippen molar-refractivity contribution in [2.45, 2.75) is 44.1 Å². The second kappa shape index (κ2) is 7.99. The Morgan fingerprint density at radius 3 is 2.73 bits per heavy atom. The number of amides is 1. The van der Waals surface area contributed by atoms with E-state index in [1.165, 1.54) is 11.8 Å². The fourth-order valence-corrected chi connectivity index (χ4v) is 3.90. The van der Waals surface area contributed by atoms with E-state index in [2.05, 4.69) is 34.8 Å². The molecule has 140 valence electrons. The van der Waals surface area contributed by atoms with E-state index in [9.17, 15) is 4.79 Å². The minimum absolute atomic E-state index is 0.00184. The first kappa shape index (κ1) is 18.6. The third kappa shape index (κ3) is 3.95. The molecule has 8 heteroatoms. The van der Waals surface area contributed by atoms with Crippen molar-refractivity contribution < 1.29 is 9.53 Å². The lowest BCUT2D eigenvalue weighted by atomic mass is 10.0. The van der Waals surface area contributed by atoms with Gasteiger partial charge in [0.25, 0.3) is 0 Å². The lowest BCUT2D eigenvalue weighted by Crippen LogP contribution is -2.44. The summed E-state index contributed by atoms with van der Waals surface area (Å²) in [6.45, 7) is 9.28. The largest absolute Gasteiger partial charge is 0.494 e. The van der Waals surface area contributed by atoms with Crippen LogP contribution in [0.4, 0.5) is 0 Å². The van der Waals surface area contributed by atoms with Gasteiger partial charge in [-0.1, -0.05) is 37.7 Å². The maximum Gasteiger partial charge on any atom is 0.236 e. The van der Waals surface area contributed by atoms with Gasteiger partial charge in [-0.2, -0.15) is 0 Å². The number of thioether (sulfide) groups is 1. The van der Waals surface area contributed by atoms with Crippen molar-refractivity contribution >= 4 is 17.7 Å². The Kier molecular flexibility index (Phi) is 5.70. The molecule has 0 fully saturated rings. The SMILES string of the molecule is CCOc1ccc([C@H]2Nn3c(C)nnc3S[C@H]2C(=O)NCC(C)C)cc1. The lowest BCUT2D eigenvalue weighted by Gasteiger charge is -2.33. The smallest absolute Gasteiger partial charge is 0.236 e. The van der Waals surface area contributed by atoms with E-state index >= 15 is 0 Å². The fourth-order valence-electron chi connectivity index (χ4n) is 2.75. The third-order valence-corrected chi connectivity index (χ3v) is 5.31.